The van der Waals surface area contributed by atoms with Gasteiger partial charge in [-0.1, -0.05) is 140 Å². The van der Waals surface area contributed by atoms with Crippen molar-refractivity contribution in [2.75, 3.05) is 0 Å². The number of nitrogens with zero attached hydrogens (tertiary/aromatic N) is 4. The van der Waals surface area contributed by atoms with Crippen LogP contribution in [-0.4, -0.2) is 12.6 Å². The molecular formula is C46H32N4Si. The number of rotatable bonds is 6. The van der Waals surface area contributed by atoms with Gasteiger partial charge in [0.2, 0.25) is 0 Å². The summed E-state index contributed by atoms with van der Waals surface area (Å²) in [5.74, 6) is 0. The molecule has 0 radical (unpaired) electrons. The molecule has 0 fully saturated rings. The Kier molecular flexibility index (Phi) is 7.81. The fourth-order valence-electron chi connectivity index (χ4n) is 7.95. The van der Waals surface area contributed by atoms with Crippen molar-refractivity contribution in [3.63, 3.8) is 0 Å². The van der Waals surface area contributed by atoms with E-state index in [1.807, 2.05) is 73.7 Å². The van der Waals surface area contributed by atoms with Crippen molar-refractivity contribution in [2.45, 2.75) is 13.3 Å². The lowest BCUT2D eigenvalue weighted by Crippen LogP contribution is -2.74. The summed E-state index contributed by atoms with van der Waals surface area (Å²) in [6.45, 7) is 1.96. The number of fused-ring (bicyclic) bond motifs is 3. The van der Waals surface area contributed by atoms with Gasteiger partial charge in [0.25, 0.3) is 0 Å². The largest absolute Gasteiger partial charge is 0.308 e. The maximum absolute atomic E-state index is 10.8. The van der Waals surface area contributed by atoms with Crippen LogP contribution in [-0.2, 0) is 6.42 Å². The third-order valence-corrected chi connectivity index (χ3v) is 15.1. The minimum atomic E-state index is -2.86. The molecular weight excluding hydrogens is 637 g/mol. The Labute approximate surface area is 299 Å². The minimum absolute atomic E-state index is 0.491. The predicted octanol–water partition coefficient (Wildman–Crippen LogP) is 7.52. The molecule has 0 bridgehead atoms. The van der Waals surface area contributed by atoms with E-state index >= 15 is 0 Å². The number of para-hydroxylation sites is 1. The second-order valence-corrected chi connectivity index (χ2v) is 17.1. The highest BCUT2D eigenvalue weighted by Gasteiger charge is 2.41. The van der Waals surface area contributed by atoms with Gasteiger partial charge in [0, 0.05) is 22.2 Å². The van der Waals surface area contributed by atoms with Gasteiger partial charge in [-0.25, -0.2) is 0 Å². The molecule has 0 aliphatic heterocycles. The van der Waals surface area contributed by atoms with Gasteiger partial charge in [-0.3, -0.25) is 0 Å². The molecule has 1 heterocycles. The van der Waals surface area contributed by atoms with E-state index in [9.17, 15) is 15.8 Å². The maximum Gasteiger partial charge on any atom is 0.179 e. The van der Waals surface area contributed by atoms with Gasteiger partial charge < -0.3 is 4.57 Å². The molecule has 1 aliphatic rings. The lowest BCUT2D eigenvalue weighted by atomic mass is 9.80. The highest BCUT2D eigenvalue weighted by molar-refractivity contribution is 7.19. The fourth-order valence-corrected chi connectivity index (χ4v) is 12.7. The molecule has 1 atom stereocenters. The van der Waals surface area contributed by atoms with E-state index in [0.29, 0.717) is 23.1 Å². The molecule has 6 aromatic carbocycles. The van der Waals surface area contributed by atoms with Gasteiger partial charge in [0.15, 0.2) is 8.07 Å². The summed E-state index contributed by atoms with van der Waals surface area (Å²) in [6, 6.07) is 59.7. The average Bonchev–Trinajstić information content (AvgIpc) is 3.52. The first-order valence-corrected chi connectivity index (χ1v) is 19.0. The summed E-state index contributed by atoms with van der Waals surface area (Å²) in [4.78, 5) is 0. The van der Waals surface area contributed by atoms with Crippen molar-refractivity contribution < 1.29 is 0 Å². The van der Waals surface area contributed by atoms with Crippen LogP contribution in [0.3, 0.4) is 0 Å². The number of benzene rings is 6. The quantitative estimate of drug-likeness (QED) is 0.136. The average molecular weight is 669 g/mol. The lowest BCUT2D eigenvalue weighted by molar-refractivity contribution is 0.562. The number of allylic oxidation sites excluding steroid dienone is 1. The third-order valence-electron chi connectivity index (χ3n) is 10.3. The van der Waals surface area contributed by atoms with Crippen molar-refractivity contribution in [1.29, 1.82) is 15.8 Å². The van der Waals surface area contributed by atoms with Crippen LogP contribution < -0.4 is 20.7 Å². The summed E-state index contributed by atoms with van der Waals surface area (Å²) >= 11 is 0. The molecule has 1 aromatic heterocycles. The number of aromatic nitrogens is 1. The van der Waals surface area contributed by atoms with Crippen molar-refractivity contribution in [3.8, 4) is 35.0 Å². The molecule has 5 heteroatoms. The van der Waals surface area contributed by atoms with Crippen LogP contribution in [0.15, 0.2) is 158 Å². The van der Waals surface area contributed by atoms with Crippen LogP contribution >= 0.6 is 0 Å². The highest BCUT2D eigenvalue weighted by atomic mass is 28.3. The molecule has 0 N–H and O–H groups in total. The van der Waals surface area contributed by atoms with Crippen molar-refractivity contribution in [2.24, 2.45) is 5.41 Å². The van der Waals surface area contributed by atoms with E-state index < -0.39 is 13.5 Å². The number of nitriles is 3. The molecule has 0 amide bonds. The summed E-state index contributed by atoms with van der Waals surface area (Å²) in [6.07, 6.45) is 4.57. The Morgan fingerprint density at radius 1 is 0.608 bits per heavy atom. The zero-order valence-electron chi connectivity index (χ0n) is 28.1. The van der Waals surface area contributed by atoms with Gasteiger partial charge in [0.05, 0.1) is 39.9 Å². The van der Waals surface area contributed by atoms with Crippen LogP contribution in [0.25, 0.3) is 33.8 Å². The second kappa shape index (κ2) is 12.6. The Morgan fingerprint density at radius 3 is 1.80 bits per heavy atom. The zero-order chi connectivity index (χ0) is 35.0. The Hall–Kier alpha value is -6.71. The summed E-state index contributed by atoms with van der Waals surface area (Å²) < 4.78 is 2.14. The van der Waals surface area contributed by atoms with Crippen molar-refractivity contribution in [3.05, 3.63) is 180 Å². The molecule has 0 spiro atoms. The predicted molar refractivity (Wildman–Crippen MR) is 208 cm³/mol. The van der Waals surface area contributed by atoms with Gasteiger partial charge in [-0.05, 0) is 63.9 Å². The van der Waals surface area contributed by atoms with E-state index in [2.05, 4.69) is 120 Å². The summed E-state index contributed by atoms with van der Waals surface area (Å²) in [5.41, 5.74) is 5.61. The highest BCUT2D eigenvalue weighted by Crippen LogP contribution is 2.41. The van der Waals surface area contributed by atoms with E-state index in [4.69, 9.17) is 0 Å². The topological polar surface area (TPSA) is 76.3 Å². The van der Waals surface area contributed by atoms with E-state index in [1.54, 1.807) is 0 Å². The van der Waals surface area contributed by atoms with E-state index in [-0.39, 0.29) is 0 Å². The molecule has 8 rings (SSSR count). The van der Waals surface area contributed by atoms with Crippen LogP contribution in [0.1, 0.15) is 29.3 Å². The first-order chi connectivity index (χ1) is 25.0. The molecule has 0 saturated heterocycles. The summed E-state index contributed by atoms with van der Waals surface area (Å²) in [7, 11) is -2.86. The molecule has 0 saturated carbocycles. The molecule has 240 valence electrons. The van der Waals surface area contributed by atoms with E-state index in [0.717, 1.165) is 38.6 Å². The molecule has 51 heavy (non-hydrogen) atoms. The Balaban J connectivity index is 1.36. The van der Waals surface area contributed by atoms with Crippen LogP contribution in [0.5, 0.6) is 0 Å². The number of hydrogen-bond donors (Lipinski definition) is 0. The molecule has 1 aliphatic carbocycles. The maximum atomic E-state index is 10.8. The van der Waals surface area contributed by atoms with Gasteiger partial charge in [-0.2, -0.15) is 15.8 Å². The first kappa shape index (κ1) is 31.5. The molecule has 7 aromatic rings. The normalized spacial score (nSPS) is 15.0. The SMILES string of the molecule is CC1(C#N)C=Cc2c(c3ccccc3n2-c2cccc(-c3ccc([Si](c4ccccc4)(c4ccccc4)c4ccccc4)cc3C#N)c2C#N)C1. The van der Waals surface area contributed by atoms with Gasteiger partial charge >= 0.3 is 0 Å². The van der Waals surface area contributed by atoms with Crippen LogP contribution in [0.2, 0.25) is 0 Å². The van der Waals surface area contributed by atoms with Crippen LogP contribution in [0.4, 0.5) is 0 Å². The molecule has 4 nitrogen and oxygen atoms in total. The summed E-state index contributed by atoms with van der Waals surface area (Å²) in [5, 5.41) is 37.5. The third kappa shape index (κ3) is 5.02. The van der Waals surface area contributed by atoms with Crippen molar-refractivity contribution >= 4 is 45.8 Å². The monoisotopic (exact) mass is 668 g/mol. The van der Waals surface area contributed by atoms with E-state index in [1.165, 1.54) is 15.6 Å². The lowest BCUT2D eigenvalue weighted by Gasteiger charge is -2.34. The second-order valence-electron chi connectivity index (χ2n) is 13.3. The first-order valence-electron chi connectivity index (χ1n) is 17.0. The van der Waals surface area contributed by atoms with Gasteiger partial charge in [-0.15, -0.1) is 0 Å². The Bertz CT molecular complexity index is 2500. The smallest absolute Gasteiger partial charge is 0.179 e. The van der Waals surface area contributed by atoms with Crippen molar-refractivity contribution in [1.82, 2.24) is 4.57 Å². The van der Waals surface area contributed by atoms with Gasteiger partial charge in [0.1, 0.15) is 6.07 Å². The zero-order valence-corrected chi connectivity index (χ0v) is 29.1. The Morgan fingerprint density at radius 2 is 1.22 bits per heavy atom. The minimum Gasteiger partial charge on any atom is -0.308 e. The standard InChI is InChI=1S/C46H32N4Si/c1-46(32-49)27-26-45-41(29-46)40-20-11-12-22-43(40)50(45)44-23-13-21-39(42(44)31-48)38-25-24-37(28-33(38)30-47)51(34-14-5-2-6-15-34,35-16-7-3-8-17-35)36-18-9-4-10-19-36/h2-28H,29H2,1H3. The molecule has 1 unspecified atom stereocenters. The van der Waals surface area contributed by atoms with Crippen LogP contribution in [0, 0.1) is 39.4 Å². The fraction of sp³-hybridized carbons (Fsp3) is 0.0652. The number of hydrogen-bond acceptors (Lipinski definition) is 3.